The van der Waals surface area contributed by atoms with Crippen molar-refractivity contribution in [2.24, 2.45) is 28.9 Å². The Labute approximate surface area is 81.1 Å². The Bertz CT molecular complexity index is 223. The van der Waals surface area contributed by atoms with Gasteiger partial charge < -0.3 is 5.73 Å². The summed E-state index contributed by atoms with van der Waals surface area (Å²) in [5, 5.41) is 0. The molecule has 3 saturated carbocycles. The molecule has 3 fully saturated rings. The number of hydrogen-bond acceptors (Lipinski definition) is 1. The second-order valence-corrected chi connectivity index (χ2v) is 5.67. The van der Waals surface area contributed by atoms with Crippen LogP contribution in [0.1, 0.15) is 45.4 Å². The van der Waals surface area contributed by atoms with Crippen molar-refractivity contribution in [1.29, 1.82) is 0 Å². The van der Waals surface area contributed by atoms with Crippen LogP contribution in [-0.2, 0) is 0 Å². The highest BCUT2D eigenvalue weighted by atomic mass is 14.8. The van der Waals surface area contributed by atoms with E-state index in [0.29, 0.717) is 11.5 Å². The third kappa shape index (κ3) is 0.823. The molecule has 0 unspecified atom stereocenters. The van der Waals surface area contributed by atoms with Crippen molar-refractivity contribution in [3.63, 3.8) is 0 Å². The maximum atomic E-state index is 6.26. The van der Waals surface area contributed by atoms with Crippen LogP contribution in [0.5, 0.6) is 0 Å². The molecular weight excluding hydrogens is 158 g/mol. The molecule has 1 nitrogen and oxygen atoms in total. The summed E-state index contributed by atoms with van der Waals surface area (Å²) < 4.78 is 0. The van der Waals surface area contributed by atoms with Crippen molar-refractivity contribution in [2.75, 3.05) is 0 Å². The molecule has 0 amide bonds. The third-order valence-electron chi connectivity index (χ3n) is 5.47. The minimum atomic E-state index is 0.454. The largest absolute Gasteiger partial charge is 0.327 e. The van der Waals surface area contributed by atoms with Gasteiger partial charge in [0.25, 0.3) is 0 Å². The Hall–Kier alpha value is -0.0400. The van der Waals surface area contributed by atoms with Gasteiger partial charge in [0.15, 0.2) is 0 Å². The Morgan fingerprint density at radius 1 is 1.31 bits per heavy atom. The highest BCUT2D eigenvalue weighted by molar-refractivity contribution is 5.11. The minimum absolute atomic E-state index is 0.454. The summed E-state index contributed by atoms with van der Waals surface area (Å²) in [5.74, 6) is 3.09. The normalized spacial score (nSPS) is 55.4. The van der Waals surface area contributed by atoms with E-state index in [1.54, 1.807) is 0 Å². The standard InChI is InChI=1S/C12H21N/c1-8(13)12-6-2-3-11(12)9-4-5-10(12)7-9/h8-11H,2-7,13H2,1H3/t8-,9+,10-,11-,12-/m1/s1. The van der Waals surface area contributed by atoms with Gasteiger partial charge in [-0.1, -0.05) is 6.42 Å². The number of fused-ring (bicyclic) bond motifs is 5. The van der Waals surface area contributed by atoms with Crippen LogP contribution < -0.4 is 5.73 Å². The molecule has 1 heteroatoms. The van der Waals surface area contributed by atoms with Crippen LogP contribution in [0.15, 0.2) is 0 Å². The molecule has 5 atom stereocenters. The van der Waals surface area contributed by atoms with E-state index in [-0.39, 0.29) is 0 Å². The molecule has 74 valence electrons. The summed E-state index contributed by atoms with van der Waals surface area (Å²) in [6.07, 6.45) is 8.91. The van der Waals surface area contributed by atoms with Gasteiger partial charge in [-0.25, -0.2) is 0 Å². The zero-order chi connectivity index (χ0) is 9.05. The predicted octanol–water partition coefficient (Wildman–Crippen LogP) is 2.55. The zero-order valence-corrected chi connectivity index (χ0v) is 8.63. The van der Waals surface area contributed by atoms with Crippen molar-refractivity contribution >= 4 is 0 Å². The van der Waals surface area contributed by atoms with E-state index < -0.39 is 0 Å². The summed E-state index contributed by atoms with van der Waals surface area (Å²) in [7, 11) is 0. The van der Waals surface area contributed by atoms with Crippen LogP contribution in [0.2, 0.25) is 0 Å². The van der Waals surface area contributed by atoms with E-state index in [1.807, 2.05) is 0 Å². The van der Waals surface area contributed by atoms with E-state index in [2.05, 4.69) is 6.92 Å². The Morgan fingerprint density at radius 2 is 2.15 bits per heavy atom. The fourth-order valence-corrected chi connectivity index (χ4v) is 5.07. The topological polar surface area (TPSA) is 26.0 Å². The van der Waals surface area contributed by atoms with Gasteiger partial charge in [-0.15, -0.1) is 0 Å². The van der Waals surface area contributed by atoms with Crippen molar-refractivity contribution in [3.8, 4) is 0 Å². The maximum Gasteiger partial charge on any atom is 0.00724 e. The molecule has 0 aromatic rings. The first-order chi connectivity index (χ1) is 6.25. The second kappa shape index (κ2) is 2.50. The van der Waals surface area contributed by atoms with Gasteiger partial charge >= 0.3 is 0 Å². The summed E-state index contributed by atoms with van der Waals surface area (Å²) in [6, 6.07) is 0.454. The zero-order valence-electron chi connectivity index (χ0n) is 8.63. The molecule has 0 aromatic carbocycles. The van der Waals surface area contributed by atoms with Gasteiger partial charge in [0.05, 0.1) is 0 Å². The van der Waals surface area contributed by atoms with Gasteiger partial charge in [-0.05, 0) is 62.2 Å². The first kappa shape index (κ1) is 8.28. The van der Waals surface area contributed by atoms with Gasteiger partial charge in [0.2, 0.25) is 0 Å². The molecule has 0 heterocycles. The highest BCUT2D eigenvalue weighted by Gasteiger charge is 2.60. The number of rotatable bonds is 1. The molecule has 0 saturated heterocycles. The number of nitrogens with two attached hydrogens (primary N) is 1. The van der Waals surface area contributed by atoms with E-state index in [1.165, 1.54) is 38.5 Å². The molecule has 2 bridgehead atoms. The lowest BCUT2D eigenvalue weighted by atomic mass is 9.64. The third-order valence-corrected chi connectivity index (χ3v) is 5.47. The highest BCUT2D eigenvalue weighted by Crippen LogP contribution is 2.67. The summed E-state index contributed by atoms with van der Waals surface area (Å²) in [4.78, 5) is 0. The van der Waals surface area contributed by atoms with Gasteiger partial charge in [-0.2, -0.15) is 0 Å². The SMILES string of the molecule is C[C@@H](N)[C@@]12CCC[C@@H]1[C@H]1CC[C@@H]2C1. The van der Waals surface area contributed by atoms with Crippen LogP contribution >= 0.6 is 0 Å². The fraction of sp³-hybridized carbons (Fsp3) is 1.00. The van der Waals surface area contributed by atoms with Crippen LogP contribution in [0.4, 0.5) is 0 Å². The van der Waals surface area contributed by atoms with E-state index >= 15 is 0 Å². The quantitative estimate of drug-likeness (QED) is 0.657. The molecular formula is C12H21N. The smallest absolute Gasteiger partial charge is 0.00724 e. The molecule has 0 aliphatic heterocycles. The molecule has 3 aliphatic carbocycles. The Balaban J connectivity index is 1.99. The lowest BCUT2D eigenvalue weighted by molar-refractivity contribution is 0.0839. The second-order valence-electron chi connectivity index (χ2n) is 5.67. The molecule has 2 N–H and O–H groups in total. The molecule has 13 heavy (non-hydrogen) atoms. The first-order valence-corrected chi connectivity index (χ1v) is 6.00. The molecule has 3 aliphatic rings. The van der Waals surface area contributed by atoms with Gasteiger partial charge in [-0.3, -0.25) is 0 Å². The monoisotopic (exact) mass is 179 g/mol. The van der Waals surface area contributed by atoms with E-state index in [0.717, 1.165) is 17.8 Å². The van der Waals surface area contributed by atoms with Crippen molar-refractivity contribution in [3.05, 3.63) is 0 Å². The predicted molar refractivity (Wildman–Crippen MR) is 54.3 cm³/mol. The Kier molecular flexibility index (Phi) is 1.59. The summed E-state index contributed by atoms with van der Waals surface area (Å²) in [6.45, 7) is 2.26. The minimum Gasteiger partial charge on any atom is -0.327 e. The molecule has 0 spiro atoms. The average Bonchev–Trinajstić information content (AvgIpc) is 2.76. The van der Waals surface area contributed by atoms with Crippen LogP contribution in [-0.4, -0.2) is 6.04 Å². The van der Waals surface area contributed by atoms with Crippen LogP contribution in [0, 0.1) is 23.2 Å². The van der Waals surface area contributed by atoms with E-state index in [4.69, 9.17) is 5.73 Å². The maximum absolute atomic E-state index is 6.26. The number of hydrogen-bond donors (Lipinski definition) is 1. The lowest BCUT2D eigenvalue weighted by Gasteiger charge is -2.43. The molecule has 0 radical (unpaired) electrons. The summed E-state index contributed by atoms with van der Waals surface area (Å²) >= 11 is 0. The van der Waals surface area contributed by atoms with Crippen molar-refractivity contribution in [1.82, 2.24) is 0 Å². The van der Waals surface area contributed by atoms with Gasteiger partial charge in [0, 0.05) is 6.04 Å². The van der Waals surface area contributed by atoms with Crippen molar-refractivity contribution < 1.29 is 0 Å². The van der Waals surface area contributed by atoms with Crippen LogP contribution in [0.3, 0.4) is 0 Å². The van der Waals surface area contributed by atoms with E-state index in [9.17, 15) is 0 Å². The fourth-order valence-electron chi connectivity index (χ4n) is 5.07. The Morgan fingerprint density at radius 3 is 2.85 bits per heavy atom. The van der Waals surface area contributed by atoms with Gasteiger partial charge in [0.1, 0.15) is 0 Å². The van der Waals surface area contributed by atoms with Crippen molar-refractivity contribution in [2.45, 2.75) is 51.5 Å². The summed E-state index contributed by atoms with van der Waals surface area (Å²) in [5.41, 5.74) is 6.86. The van der Waals surface area contributed by atoms with Crippen LogP contribution in [0.25, 0.3) is 0 Å². The molecule has 3 rings (SSSR count). The molecule has 0 aromatic heterocycles. The lowest BCUT2D eigenvalue weighted by Crippen LogP contribution is -2.46. The first-order valence-electron chi connectivity index (χ1n) is 6.00. The average molecular weight is 179 g/mol.